The first kappa shape index (κ1) is 11.2. The number of ether oxygens (including phenoxy) is 1. The lowest BCUT2D eigenvalue weighted by Crippen LogP contribution is -2.03. The molecule has 16 heavy (non-hydrogen) atoms. The fourth-order valence-corrected chi connectivity index (χ4v) is 2.96. The third kappa shape index (κ3) is 1.98. The minimum Gasteiger partial charge on any atom is -0.464 e. The van der Waals surface area contributed by atoms with Crippen molar-refractivity contribution in [3.8, 4) is 10.0 Å². The van der Waals surface area contributed by atoms with Gasteiger partial charge in [-0.1, -0.05) is 0 Å². The topological polar surface area (TPSA) is 52.1 Å². The van der Waals surface area contributed by atoms with E-state index in [4.69, 9.17) is 0 Å². The average molecular weight is 254 g/mol. The number of hydrogen-bond donors (Lipinski definition) is 0. The van der Waals surface area contributed by atoms with Crippen molar-refractivity contribution in [3.63, 3.8) is 0 Å². The minimum atomic E-state index is -0.395. The number of aryl methyl sites for hydroxylation is 2. The van der Waals surface area contributed by atoms with Gasteiger partial charge in [-0.3, -0.25) is 0 Å². The van der Waals surface area contributed by atoms with Crippen LogP contribution in [0.3, 0.4) is 0 Å². The summed E-state index contributed by atoms with van der Waals surface area (Å²) in [6.07, 6.45) is 0. The number of aromatic nitrogens is 2. The van der Waals surface area contributed by atoms with Crippen LogP contribution in [0.15, 0.2) is 5.38 Å². The van der Waals surface area contributed by atoms with E-state index >= 15 is 0 Å². The number of esters is 1. The summed E-state index contributed by atoms with van der Waals surface area (Å²) in [6, 6.07) is 0. The summed E-state index contributed by atoms with van der Waals surface area (Å²) in [5.41, 5.74) is 1.35. The van der Waals surface area contributed by atoms with E-state index in [2.05, 4.69) is 14.7 Å². The first-order valence-corrected chi connectivity index (χ1v) is 6.29. The molecule has 0 aliphatic heterocycles. The smallest absolute Gasteiger partial charge is 0.357 e. The highest BCUT2D eigenvalue weighted by molar-refractivity contribution is 7.20. The van der Waals surface area contributed by atoms with Crippen molar-refractivity contribution in [1.29, 1.82) is 0 Å². The van der Waals surface area contributed by atoms with Gasteiger partial charge < -0.3 is 4.74 Å². The van der Waals surface area contributed by atoms with Gasteiger partial charge in [-0.05, 0) is 13.8 Å². The van der Waals surface area contributed by atoms with Crippen LogP contribution in [0.1, 0.15) is 21.1 Å². The Morgan fingerprint density at radius 1 is 1.31 bits per heavy atom. The van der Waals surface area contributed by atoms with Crippen LogP contribution < -0.4 is 0 Å². The van der Waals surface area contributed by atoms with E-state index in [1.54, 1.807) is 0 Å². The molecule has 4 nitrogen and oxygen atoms in total. The van der Waals surface area contributed by atoms with E-state index in [-0.39, 0.29) is 0 Å². The molecule has 0 aromatic carbocycles. The normalized spacial score (nSPS) is 10.4. The summed E-state index contributed by atoms with van der Waals surface area (Å²) in [7, 11) is 1.36. The van der Waals surface area contributed by atoms with Gasteiger partial charge in [-0.25, -0.2) is 14.8 Å². The molecular weight excluding hydrogens is 244 g/mol. The van der Waals surface area contributed by atoms with Crippen LogP contribution in [0.4, 0.5) is 0 Å². The molecule has 0 aliphatic carbocycles. The van der Waals surface area contributed by atoms with Gasteiger partial charge in [0.15, 0.2) is 15.7 Å². The van der Waals surface area contributed by atoms with Gasteiger partial charge in [-0.2, -0.15) is 0 Å². The zero-order chi connectivity index (χ0) is 11.7. The zero-order valence-electron chi connectivity index (χ0n) is 9.10. The van der Waals surface area contributed by atoms with Crippen molar-refractivity contribution in [3.05, 3.63) is 21.6 Å². The largest absolute Gasteiger partial charge is 0.464 e. The Hall–Kier alpha value is -1.27. The Bertz CT molecular complexity index is 531. The average Bonchev–Trinajstić information content (AvgIpc) is 2.83. The number of nitrogens with zero attached hydrogens (tertiary/aromatic N) is 2. The van der Waals surface area contributed by atoms with Gasteiger partial charge in [0.25, 0.3) is 0 Å². The molecule has 2 aromatic heterocycles. The molecule has 6 heteroatoms. The summed E-state index contributed by atoms with van der Waals surface area (Å²) >= 11 is 2.99. The molecule has 84 valence electrons. The van der Waals surface area contributed by atoms with Crippen LogP contribution in [0.25, 0.3) is 10.0 Å². The standard InChI is InChI=1S/C10H10N2O2S2/c1-5-4-15-8(11-5)9-12-7(6(2)16-9)10(13)14-3/h4H,1-3H3. The summed E-state index contributed by atoms with van der Waals surface area (Å²) < 4.78 is 4.66. The second-order valence-corrected chi connectivity index (χ2v) is 5.27. The third-order valence-electron chi connectivity index (χ3n) is 1.98. The Morgan fingerprint density at radius 3 is 2.62 bits per heavy atom. The minimum absolute atomic E-state index is 0.385. The maximum Gasteiger partial charge on any atom is 0.357 e. The molecule has 0 amide bonds. The molecule has 0 atom stereocenters. The van der Waals surface area contributed by atoms with Crippen LogP contribution in [0.5, 0.6) is 0 Å². The van der Waals surface area contributed by atoms with E-state index < -0.39 is 5.97 Å². The van der Waals surface area contributed by atoms with Crippen LogP contribution in [-0.2, 0) is 4.74 Å². The molecule has 0 aliphatic rings. The Labute approximate surface area is 101 Å². The van der Waals surface area contributed by atoms with E-state index in [0.717, 1.165) is 20.6 Å². The summed E-state index contributed by atoms with van der Waals surface area (Å²) in [5, 5.41) is 3.58. The predicted molar refractivity (Wildman–Crippen MR) is 64.0 cm³/mol. The third-order valence-corrected chi connectivity index (χ3v) is 4.05. The number of carbonyl (C=O) groups excluding carboxylic acids is 1. The zero-order valence-corrected chi connectivity index (χ0v) is 10.7. The molecular formula is C10H10N2O2S2. The van der Waals surface area contributed by atoms with Crippen LogP contribution >= 0.6 is 22.7 Å². The van der Waals surface area contributed by atoms with Gasteiger partial charge >= 0.3 is 5.97 Å². The highest BCUT2D eigenvalue weighted by Gasteiger charge is 2.17. The number of thiazole rings is 2. The fourth-order valence-electron chi connectivity index (χ4n) is 1.23. The molecule has 0 N–H and O–H groups in total. The lowest BCUT2D eigenvalue weighted by Gasteiger charge is -1.93. The SMILES string of the molecule is COC(=O)c1nc(-c2nc(C)cs2)sc1C. The predicted octanol–water partition coefficient (Wildman–Crippen LogP) is 2.67. The van der Waals surface area contributed by atoms with E-state index in [0.29, 0.717) is 5.69 Å². The van der Waals surface area contributed by atoms with E-state index in [1.165, 1.54) is 29.8 Å². The van der Waals surface area contributed by atoms with Crippen LogP contribution in [-0.4, -0.2) is 23.0 Å². The van der Waals surface area contributed by atoms with Crippen molar-refractivity contribution in [2.24, 2.45) is 0 Å². The van der Waals surface area contributed by atoms with Gasteiger partial charge in [-0.15, -0.1) is 22.7 Å². The Morgan fingerprint density at radius 2 is 2.06 bits per heavy atom. The maximum absolute atomic E-state index is 11.4. The Kier molecular flexibility index (Phi) is 3.02. The lowest BCUT2D eigenvalue weighted by atomic mass is 10.4. The molecule has 2 aromatic rings. The molecule has 0 unspecified atom stereocenters. The van der Waals surface area contributed by atoms with Gasteiger partial charge in [0.05, 0.1) is 7.11 Å². The van der Waals surface area contributed by atoms with Crippen LogP contribution in [0, 0.1) is 13.8 Å². The molecule has 0 fully saturated rings. The quantitative estimate of drug-likeness (QED) is 0.773. The number of rotatable bonds is 2. The molecule has 2 heterocycles. The highest BCUT2D eigenvalue weighted by atomic mass is 32.1. The second kappa shape index (κ2) is 4.31. The first-order valence-electron chi connectivity index (χ1n) is 4.60. The van der Waals surface area contributed by atoms with Gasteiger partial charge in [0.2, 0.25) is 0 Å². The number of methoxy groups -OCH3 is 1. The van der Waals surface area contributed by atoms with Crippen molar-refractivity contribution < 1.29 is 9.53 Å². The van der Waals surface area contributed by atoms with Gasteiger partial charge in [0, 0.05) is 16.0 Å². The molecule has 0 saturated heterocycles. The van der Waals surface area contributed by atoms with Crippen LogP contribution in [0.2, 0.25) is 0 Å². The Balaban J connectivity index is 2.41. The van der Waals surface area contributed by atoms with Crippen molar-refractivity contribution in [2.45, 2.75) is 13.8 Å². The van der Waals surface area contributed by atoms with E-state index in [9.17, 15) is 4.79 Å². The molecule has 2 rings (SSSR count). The lowest BCUT2D eigenvalue weighted by molar-refractivity contribution is 0.0594. The number of carbonyl (C=O) groups is 1. The second-order valence-electron chi connectivity index (χ2n) is 3.21. The van der Waals surface area contributed by atoms with Crippen molar-refractivity contribution in [2.75, 3.05) is 7.11 Å². The van der Waals surface area contributed by atoms with Gasteiger partial charge in [0.1, 0.15) is 0 Å². The highest BCUT2D eigenvalue weighted by Crippen LogP contribution is 2.30. The summed E-state index contributed by atoms with van der Waals surface area (Å²) in [4.78, 5) is 20.8. The summed E-state index contributed by atoms with van der Waals surface area (Å²) in [6.45, 7) is 3.79. The fraction of sp³-hybridized carbons (Fsp3) is 0.300. The summed E-state index contributed by atoms with van der Waals surface area (Å²) in [5.74, 6) is -0.395. The molecule has 0 radical (unpaired) electrons. The van der Waals surface area contributed by atoms with Crippen molar-refractivity contribution in [1.82, 2.24) is 9.97 Å². The molecule has 0 saturated carbocycles. The van der Waals surface area contributed by atoms with E-state index in [1.807, 2.05) is 19.2 Å². The van der Waals surface area contributed by atoms with Crippen molar-refractivity contribution >= 4 is 28.6 Å². The first-order chi connectivity index (χ1) is 7.61. The molecule has 0 spiro atoms. The molecule has 0 bridgehead atoms. The maximum atomic E-state index is 11.4. The number of hydrogen-bond acceptors (Lipinski definition) is 6. The monoisotopic (exact) mass is 254 g/mol.